The van der Waals surface area contributed by atoms with Gasteiger partial charge in [-0.15, -0.1) is 22.7 Å². The normalized spacial score (nSPS) is 18.8. The molecule has 10 nitrogen and oxygen atoms in total. The smallest absolute Gasteiger partial charge is 0.415 e. The van der Waals surface area contributed by atoms with Crippen molar-refractivity contribution >= 4 is 63.3 Å². The molecule has 0 spiro atoms. The Morgan fingerprint density at radius 3 is 2.78 bits per heavy atom. The second-order valence-electron chi connectivity index (χ2n) is 7.24. The molecule has 2 aliphatic rings. The number of halogens is 1. The van der Waals surface area contributed by atoms with Crippen molar-refractivity contribution in [3.05, 3.63) is 38.4 Å². The maximum Gasteiger partial charge on any atom is 0.415 e. The number of hydrogen-bond acceptors (Lipinski definition) is 7. The topological polar surface area (TPSA) is 119 Å². The van der Waals surface area contributed by atoms with Crippen molar-refractivity contribution in [2.24, 2.45) is 0 Å². The molecule has 170 valence electrons. The van der Waals surface area contributed by atoms with Gasteiger partial charge in [-0.3, -0.25) is 19.4 Å². The molecule has 0 bridgehead atoms. The Hall–Kier alpha value is -2.83. The highest BCUT2D eigenvalue weighted by atomic mass is 35.5. The SMILES string of the molecule is O=C(NC[C@H]1CN(c2cc(CN3CCN(C(=O)O)CC3=O)cs2)C(=O)O1)c1ccc(Cl)s1. The van der Waals surface area contributed by atoms with Crippen LogP contribution in [0.3, 0.4) is 0 Å². The zero-order valence-corrected chi connectivity index (χ0v) is 19.0. The van der Waals surface area contributed by atoms with Gasteiger partial charge in [0.2, 0.25) is 5.91 Å². The van der Waals surface area contributed by atoms with Crippen molar-refractivity contribution in [1.82, 2.24) is 15.1 Å². The van der Waals surface area contributed by atoms with Crippen LogP contribution >= 0.6 is 34.3 Å². The van der Waals surface area contributed by atoms with Crippen LogP contribution in [0.4, 0.5) is 14.6 Å². The number of ether oxygens (including phenoxy) is 1. The zero-order chi connectivity index (χ0) is 22.8. The quantitative estimate of drug-likeness (QED) is 0.631. The van der Waals surface area contributed by atoms with Crippen molar-refractivity contribution in [3.63, 3.8) is 0 Å². The van der Waals surface area contributed by atoms with E-state index in [2.05, 4.69) is 5.32 Å². The Kier molecular flexibility index (Phi) is 6.53. The number of thiophene rings is 2. The number of carbonyl (C=O) groups excluding carboxylic acids is 3. The molecule has 4 amide bonds. The molecule has 32 heavy (non-hydrogen) atoms. The monoisotopic (exact) mass is 498 g/mol. The molecule has 0 radical (unpaired) electrons. The number of carboxylic acid groups (broad SMARTS) is 1. The fraction of sp³-hybridized carbons (Fsp3) is 0.368. The van der Waals surface area contributed by atoms with Crippen LogP contribution in [0.25, 0.3) is 0 Å². The highest BCUT2D eigenvalue weighted by Gasteiger charge is 2.34. The highest BCUT2D eigenvalue weighted by Crippen LogP contribution is 2.30. The molecule has 0 aliphatic carbocycles. The number of nitrogens with one attached hydrogen (secondary N) is 1. The summed E-state index contributed by atoms with van der Waals surface area (Å²) in [4.78, 5) is 52.3. The predicted molar refractivity (Wildman–Crippen MR) is 119 cm³/mol. The summed E-state index contributed by atoms with van der Waals surface area (Å²) >= 11 is 8.37. The average molecular weight is 499 g/mol. The van der Waals surface area contributed by atoms with Crippen LogP contribution in [0, 0.1) is 0 Å². The Balaban J connectivity index is 1.30. The van der Waals surface area contributed by atoms with Gasteiger partial charge in [0.25, 0.3) is 5.91 Å². The van der Waals surface area contributed by atoms with Gasteiger partial charge in [0.15, 0.2) is 0 Å². The number of cyclic esters (lactones) is 1. The number of carbonyl (C=O) groups is 4. The van der Waals surface area contributed by atoms with Gasteiger partial charge in [0.05, 0.1) is 22.3 Å². The van der Waals surface area contributed by atoms with E-state index in [0.29, 0.717) is 33.8 Å². The Bertz CT molecular complexity index is 1060. The van der Waals surface area contributed by atoms with Crippen LogP contribution in [0.15, 0.2) is 23.6 Å². The highest BCUT2D eigenvalue weighted by molar-refractivity contribution is 7.18. The third kappa shape index (κ3) is 4.97. The molecule has 2 N–H and O–H groups in total. The second-order valence-corrected chi connectivity index (χ2v) is 9.85. The first-order valence-corrected chi connectivity index (χ1v) is 11.7. The molecule has 2 aromatic rings. The molecule has 0 aromatic carbocycles. The van der Waals surface area contributed by atoms with E-state index in [1.54, 1.807) is 17.0 Å². The summed E-state index contributed by atoms with van der Waals surface area (Å²) in [5, 5.41) is 14.3. The molecule has 2 aliphatic heterocycles. The van der Waals surface area contributed by atoms with E-state index < -0.39 is 18.3 Å². The Morgan fingerprint density at radius 1 is 1.28 bits per heavy atom. The molecule has 4 heterocycles. The standard InChI is InChI=1S/C19H19ClN4O6S2/c20-14-2-1-13(32-14)17(26)21-6-12-8-24(19(29)30-12)16-5-11(10-31-16)7-22-3-4-23(18(27)28)9-15(22)25/h1-2,5,10,12H,3-4,6-9H2,(H,21,26)(H,27,28)/t12-/m0/s1. The lowest BCUT2D eigenvalue weighted by Gasteiger charge is -2.32. The van der Waals surface area contributed by atoms with Crippen molar-refractivity contribution in [2.75, 3.05) is 37.6 Å². The number of piperazine rings is 1. The van der Waals surface area contributed by atoms with Gasteiger partial charge >= 0.3 is 12.2 Å². The molecule has 13 heteroatoms. The molecular formula is C19H19ClN4O6S2. The summed E-state index contributed by atoms with van der Waals surface area (Å²) < 4.78 is 5.88. The van der Waals surface area contributed by atoms with E-state index in [0.717, 1.165) is 10.5 Å². The summed E-state index contributed by atoms with van der Waals surface area (Å²) in [6.07, 6.45) is -2.09. The number of rotatable bonds is 6. The van der Waals surface area contributed by atoms with E-state index in [4.69, 9.17) is 21.4 Å². The summed E-state index contributed by atoms with van der Waals surface area (Å²) in [5.41, 5.74) is 0.848. The van der Waals surface area contributed by atoms with E-state index in [1.807, 2.05) is 11.4 Å². The lowest BCUT2D eigenvalue weighted by molar-refractivity contribution is -0.135. The first-order chi connectivity index (χ1) is 15.3. The van der Waals surface area contributed by atoms with Crippen molar-refractivity contribution < 1.29 is 29.0 Å². The molecule has 2 fully saturated rings. The number of anilines is 1. The van der Waals surface area contributed by atoms with E-state index in [1.165, 1.54) is 27.6 Å². The molecule has 4 rings (SSSR count). The van der Waals surface area contributed by atoms with Crippen molar-refractivity contribution in [2.45, 2.75) is 12.6 Å². The predicted octanol–water partition coefficient (Wildman–Crippen LogP) is 2.54. The first-order valence-electron chi connectivity index (χ1n) is 9.65. The van der Waals surface area contributed by atoms with Crippen LogP contribution in [0.5, 0.6) is 0 Å². The van der Waals surface area contributed by atoms with Crippen molar-refractivity contribution in [3.8, 4) is 0 Å². The minimum atomic E-state index is -1.10. The van der Waals surface area contributed by atoms with Gasteiger partial charge in [-0.25, -0.2) is 9.59 Å². The lowest BCUT2D eigenvalue weighted by atomic mass is 10.2. The third-order valence-corrected chi connectivity index (χ3v) is 7.26. The van der Waals surface area contributed by atoms with Crippen LogP contribution < -0.4 is 10.2 Å². The Morgan fingerprint density at radius 2 is 2.09 bits per heavy atom. The van der Waals surface area contributed by atoms with Gasteiger partial charge in [0.1, 0.15) is 17.6 Å². The van der Waals surface area contributed by atoms with Crippen molar-refractivity contribution in [1.29, 1.82) is 0 Å². The summed E-state index contributed by atoms with van der Waals surface area (Å²) in [6.45, 7) is 1.24. The fourth-order valence-corrected chi connectivity index (χ4v) is 5.25. The lowest BCUT2D eigenvalue weighted by Crippen LogP contribution is -2.51. The zero-order valence-electron chi connectivity index (χ0n) is 16.7. The van der Waals surface area contributed by atoms with E-state index in [9.17, 15) is 19.2 Å². The molecule has 0 unspecified atom stereocenters. The Labute approximate surface area is 195 Å². The molecule has 2 saturated heterocycles. The van der Waals surface area contributed by atoms with Crippen LogP contribution in [0.2, 0.25) is 4.34 Å². The first kappa shape index (κ1) is 22.4. The average Bonchev–Trinajstić information content (AvgIpc) is 3.47. The van der Waals surface area contributed by atoms with Gasteiger partial charge in [-0.1, -0.05) is 11.6 Å². The third-order valence-electron chi connectivity index (χ3n) is 5.03. The van der Waals surface area contributed by atoms with Crippen LogP contribution in [0.1, 0.15) is 15.2 Å². The number of nitrogens with zero attached hydrogens (tertiary/aromatic N) is 3. The van der Waals surface area contributed by atoms with Crippen LogP contribution in [-0.2, 0) is 16.1 Å². The minimum absolute atomic E-state index is 0.157. The van der Waals surface area contributed by atoms with Gasteiger partial charge in [0, 0.05) is 19.6 Å². The number of amides is 4. The molecule has 0 saturated carbocycles. The molecule has 2 aromatic heterocycles. The maximum absolute atomic E-state index is 12.3. The van der Waals surface area contributed by atoms with Gasteiger partial charge < -0.3 is 20.1 Å². The fourth-order valence-electron chi connectivity index (χ4n) is 3.38. The molecule has 1 atom stereocenters. The minimum Gasteiger partial charge on any atom is -0.465 e. The summed E-state index contributed by atoms with van der Waals surface area (Å²) in [6, 6.07) is 5.10. The summed E-state index contributed by atoms with van der Waals surface area (Å²) in [5.74, 6) is -0.530. The van der Waals surface area contributed by atoms with E-state index >= 15 is 0 Å². The van der Waals surface area contributed by atoms with Gasteiger partial charge in [-0.05, 0) is 29.1 Å². The second kappa shape index (κ2) is 9.35. The van der Waals surface area contributed by atoms with Crippen LogP contribution in [-0.4, -0.2) is 77.7 Å². The molecular weight excluding hydrogens is 480 g/mol. The van der Waals surface area contributed by atoms with Gasteiger partial charge in [-0.2, -0.15) is 0 Å². The maximum atomic E-state index is 12.3. The largest absolute Gasteiger partial charge is 0.465 e. The summed E-state index contributed by atoms with van der Waals surface area (Å²) in [7, 11) is 0. The number of hydrogen-bond donors (Lipinski definition) is 2. The van der Waals surface area contributed by atoms with E-state index in [-0.39, 0.29) is 31.4 Å².